The molecule has 0 aromatic heterocycles. The van der Waals surface area contributed by atoms with E-state index in [0.717, 1.165) is 24.7 Å². The first-order chi connectivity index (χ1) is 9.81. The molecular formula is C17H20ClN2+. The van der Waals surface area contributed by atoms with E-state index in [2.05, 4.69) is 47.4 Å². The summed E-state index contributed by atoms with van der Waals surface area (Å²) < 4.78 is 0. The Morgan fingerprint density at radius 1 is 0.900 bits per heavy atom. The predicted octanol–water partition coefficient (Wildman–Crippen LogP) is 2.25. The van der Waals surface area contributed by atoms with E-state index in [0.29, 0.717) is 0 Å². The number of benzene rings is 2. The van der Waals surface area contributed by atoms with Crippen molar-refractivity contribution >= 4 is 17.3 Å². The molecule has 0 bridgehead atoms. The highest BCUT2D eigenvalue weighted by Gasteiger charge is 2.20. The van der Waals surface area contributed by atoms with Gasteiger partial charge in [-0.25, -0.2) is 0 Å². The molecule has 104 valence electrons. The lowest BCUT2D eigenvalue weighted by Crippen LogP contribution is -3.13. The molecule has 0 aliphatic carbocycles. The van der Waals surface area contributed by atoms with Crippen LogP contribution in [0.2, 0.25) is 5.02 Å². The van der Waals surface area contributed by atoms with Crippen molar-refractivity contribution < 1.29 is 4.90 Å². The second-order valence-corrected chi connectivity index (χ2v) is 5.81. The van der Waals surface area contributed by atoms with Gasteiger partial charge in [0, 0.05) is 16.3 Å². The third kappa shape index (κ3) is 3.33. The number of anilines is 1. The molecule has 0 spiro atoms. The highest BCUT2D eigenvalue weighted by atomic mass is 35.5. The molecule has 20 heavy (non-hydrogen) atoms. The van der Waals surface area contributed by atoms with Crippen molar-refractivity contribution in [3.63, 3.8) is 0 Å². The topological polar surface area (TPSA) is 7.68 Å². The number of nitrogens with zero attached hydrogens (tertiary/aromatic N) is 1. The molecule has 0 unspecified atom stereocenters. The Balaban J connectivity index is 1.55. The Hall–Kier alpha value is -1.51. The average molecular weight is 288 g/mol. The first-order valence-corrected chi connectivity index (χ1v) is 7.57. The molecule has 2 aromatic carbocycles. The molecule has 0 radical (unpaired) electrons. The standard InChI is InChI=1S/C17H19ClN2/c18-16-6-8-17(9-7-16)20-12-10-19(11-13-20)14-15-4-2-1-3-5-15/h1-9H,10-14H2/p+1. The Labute approximate surface area is 125 Å². The van der Waals surface area contributed by atoms with Gasteiger partial charge in [0.15, 0.2) is 0 Å². The lowest BCUT2D eigenvalue weighted by molar-refractivity contribution is -0.914. The van der Waals surface area contributed by atoms with Gasteiger partial charge in [0.1, 0.15) is 6.54 Å². The number of rotatable bonds is 3. The minimum Gasteiger partial charge on any atom is -0.360 e. The smallest absolute Gasteiger partial charge is 0.103 e. The van der Waals surface area contributed by atoms with Gasteiger partial charge < -0.3 is 9.80 Å². The first kappa shape index (κ1) is 13.5. The van der Waals surface area contributed by atoms with E-state index in [4.69, 9.17) is 11.6 Å². The summed E-state index contributed by atoms with van der Waals surface area (Å²) in [5, 5.41) is 0.807. The molecule has 1 aliphatic rings. The summed E-state index contributed by atoms with van der Waals surface area (Å²) in [6.45, 7) is 5.75. The Bertz CT molecular complexity index is 531. The molecule has 0 amide bonds. The summed E-state index contributed by atoms with van der Waals surface area (Å²) in [6, 6.07) is 18.9. The molecule has 1 fully saturated rings. The van der Waals surface area contributed by atoms with Crippen LogP contribution in [0.3, 0.4) is 0 Å². The van der Waals surface area contributed by atoms with Crippen molar-refractivity contribution in [2.45, 2.75) is 6.54 Å². The van der Waals surface area contributed by atoms with Crippen LogP contribution in [0.25, 0.3) is 0 Å². The van der Waals surface area contributed by atoms with Crippen molar-refractivity contribution in [3.05, 3.63) is 65.2 Å². The lowest BCUT2D eigenvalue weighted by atomic mass is 10.2. The summed E-state index contributed by atoms with van der Waals surface area (Å²) in [6.07, 6.45) is 0. The third-order valence-electron chi connectivity index (χ3n) is 3.96. The van der Waals surface area contributed by atoms with Gasteiger partial charge in [-0.3, -0.25) is 0 Å². The molecule has 3 heteroatoms. The van der Waals surface area contributed by atoms with Gasteiger partial charge in [-0.1, -0.05) is 41.9 Å². The monoisotopic (exact) mass is 287 g/mol. The maximum atomic E-state index is 5.94. The lowest BCUT2D eigenvalue weighted by Gasteiger charge is -2.33. The summed E-state index contributed by atoms with van der Waals surface area (Å²) in [5.74, 6) is 0. The van der Waals surface area contributed by atoms with Crippen LogP contribution in [0, 0.1) is 0 Å². The quantitative estimate of drug-likeness (QED) is 0.910. The Kier molecular flexibility index (Phi) is 4.24. The summed E-state index contributed by atoms with van der Waals surface area (Å²) >= 11 is 5.94. The number of halogens is 1. The largest absolute Gasteiger partial charge is 0.360 e. The molecule has 2 aromatic rings. The summed E-state index contributed by atoms with van der Waals surface area (Å²) in [5.41, 5.74) is 2.72. The zero-order valence-corrected chi connectivity index (χ0v) is 12.3. The van der Waals surface area contributed by atoms with Crippen molar-refractivity contribution in [1.29, 1.82) is 0 Å². The predicted molar refractivity (Wildman–Crippen MR) is 84.5 cm³/mol. The highest BCUT2D eigenvalue weighted by molar-refractivity contribution is 6.30. The van der Waals surface area contributed by atoms with E-state index in [1.807, 2.05) is 12.1 Å². The molecule has 0 atom stereocenters. The highest BCUT2D eigenvalue weighted by Crippen LogP contribution is 2.17. The van der Waals surface area contributed by atoms with Crippen LogP contribution in [0.15, 0.2) is 54.6 Å². The van der Waals surface area contributed by atoms with Crippen LogP contribution in [0.1, 0.15) is 5.56 Å². The van der Waals surface area contributed by atoms with Crippen molar-refractivity contribution in [1.82, 2.24) is 0 Å². The summed E-state index contributed by atoms with van der Waals surface area (Å²) in [4.78, 5) is 4.12. The minimum absolute atomic E-state index is 0.807. The number of nitrogens with one attached hydrogen (secondary N) is 1. The van der Waals surface area contributed by atoms with Gasteiger partial charge in [0.2, 0.25) is 0 Å². The second kappa shape index (κ2) is 6.29. The van der Waals surface area contributed by atoms with Gasteiger partial charge in [-0.2, -0.15) is 0 Å². The van der Waals surface area contributed by atoms with Gasteiger partial charge in [0.25, 0.3) is 0 Å². The molecule has 1 N–H and O–H groups in total. The van der Waals surface area contributed by atoms with E-state index in [-0.39, 0.29) is 0 Å². The fourth-order valence-corrected chi connectivity index (χ4v) is 2.92. The summed E-state index contributed by atoms with van der Waals surface area (Å²) in [7, 11) is 0. The number of hydrogen-bond acceptors (Lipinski definition) is 1. The first-order valence-electron chi connectivity index (χ1n) is 7.19. The average Bonchev–Trinajstić information content (AvgIpc) is 2.50. The van der Waals surface area contributed by atoms with Crippen LogP contribution in [-0.2, 0) is 6.54 Å². The minimum atomic E-state index is 0.807. The second-order valence-electron chi connectivity index (χ2n) is 5.38. The van der Waals surface area contributed by atoms with E-state index in [1.54, 1.807) is 4.90 Å². The van der Waals surface area contributed by atoms with Crippen LogP contribution in [0.5, 0.6) is 0 Å². The number of hydrogen-bond donors (Lipinski definition) is 1. The fourth-order valence-electron chi connectivity index (χ4n) is 2.79. The zero-order chi connectivity index (χ0) is 13.8. The Morgan fingerprint density at radius 2 is 1.55 bits per heavy atom. The molecule has 0 saturated carbocycles. The molecular weight excluding hydrogens is 268 g/mol. The van der Waals surface area contributed by atoms with Gasteiger partial charge in [0.05, 0.1) is 26.2 Å². The molecule has 3 rings (SSSR count). The van der Waals surface area contributed by atoms with E-state index in [1.165, 1.54) is 24.3 Å². The van der Waals surface area contributed by atoms with Crippen LogP contribution in [-0.4, -0.2) is 26.2 Å². The van der Waals surface area contributed by atoms with E-state index < -0.39 is 0 Å². The van der Waals surface area contributed by atoms with E-state index >= 15 is 0 Å². The molecule has 1 saturated heterocycles. The van der Waals surface area contributed by atoms with Crippen LogP contribution >= 0.6 is 11.6 Å². The van der Waals surface area contributed by atoms with Crippen LogP contribution < -0.4 is 9.80 Å². The van der Waals surface area contributed by atoms with Gasteiger partial charge in [-0.15, -0.1) is 0 Å². The van der Waals surface area contributed by atoms with Crippen molar-refractivity contribution in [2.75, 3.05) is 31.1 Å². The third-order valence-corrected chi connectivity index (χ3v) is 4.21. The van der Waals surface area contributed by atoms with E-state index in [9.17, 15) is 0 Å². The van der Waals surface area contributed by atoms with Gasteiger partial charge >= 0.3 is 0 Å². The van der Waals surface area contributed by atoms with Crippen LogP contribution in [0.4, 0.5) is 5.69 Å². The Morgan fingerprint density at radius 3 is 2.20 bits per heavy atom. The van der Waals surface area contributed by atoms with Crippen molar-refractivity contribution in [2.24, 2.45) is 0 Å². The van der Waals surface area contributed by atoms with Gasteiger partial charge in [-0.05, 0) is 24.3 Å². The normalized spacial score (nSPS) is 16.4. The molecule has 2 nitrogen and oxygen atoms in total. The zero-order valence-electron chi connectivity index (χ0n) is 11.6. The fraction of sp³-hybridized carbons (Fsp3) is 0.294. The maximum absolute atomic E-state index is 5.94. The molecule has 1 heterocycles. The maximum Gasteiger partial charge on any atom is 0.103 e. The molecule has 1 aliphatic heterocycles. The number of quaternary nitrogens is 1. The number of piperazine rings is 1. The SMILES string of the molecule is Clc1ccc(N2CC[NH+](Cc3ccccc3)CC2)cc1. The van der Waals surface area contributed by atoms with Crippen molar-refractivity contribution in [3.8, 4) is 0 Å².